The monoisotopic (exact) mass is 508 g/mol. The van der Waals surface area contributed by atoms with Gasteiger partial charge in [0.1, 0.15) is 11.6 Å². The van der Waals surface area contributed by atoms with Crippen LogP contribution in [0.2, 0.25) is 0 Å². The Hall–Kier alpha value is -2.55. The van der Waals surface area contributed by atoms with Crippen molar-refractivity contribution >= 4 is 10.8 Å². The Morgan fingerprint density at radius 3 is 2.56 bits per heavy atom. The van der Waals surface area contributed by atoms with Gasteiger partial charge in [-0.3, -0.25) is 0 Å². The van der Waals surface area contributed by atoms with Gasteiger partial charge in [-0.05, 0) is 54.0 Å². The van der Waals surface area contributed by atoms with Gasteiger partial charge in [-0.1, -0.05) is 50.1 Å². The molecule has 36 heavy (non-hydrogen) atoms. The number of hydrogen-bond acceptors (Lipinski definition) is 3. The van der Waals surface area contributed by atoms with Crippen LogP contribution in [0.3, 0.4) is 0 Å². The summed E-state index contributed by atoms with van der Waals surface area (Å²) >= 11 is 0. The molecule has 3 nitrogen and oxygen atoms in total. The van der Waals surface area contributed by atoms with Crippen LogP contribution in [0.5, 0.6) is 0 Å². The summed E-state index contributed by atoms with van der Waals surface area (Å²) in [5, 5.41) is 1.09. The molecule has 3 aromatic carbocycles. The number of hydrogen-bond donors (Lipinski definition) is 0. The highest BCUT2D eigenvalue weighted by Gasteiger charge is 2.33. The largest absolute Gasteiger partial charge is 0.419 e. The lowest BCUT2D eigenvalue weighted by Crippen LogP contribution is -2.29. The molecule has 0 aromatic heterocycles. The van der Waals surface area contributed by atoms with Crippen LogP contribution in [0.25, 0.3) is 10.8 Å². The third-order valence-electron chi connectivity index (χ3n) is 6.30. The lowest BCUT2D eigenvalue weighted by molar-refractivity contribution is -0.289. The fourth-order valence-corrected chi connectivity index (χ4v) is 4.30. The van der Waals surface area contributed by atoms with Gasteiger partial charge in [-0.15, -0.1) is 0 Å². The molecule has 8 heteroatoms. The van der Waals surface area contributed by atoms with E-state index in [1.807, 2.05) is 6.07 Å². The summed E-state index contributed by atoms with van der Waals surface area (Å²) in [5.74, 6) is -1.73. The minimum atomic E-state index is -4.75. The van der Waals surface area contributed by atoms with E-state index in [-0.39, 0.29) is 19.1 Å². The second-order valence-electron chi connectivity index (χ2n) is 8.97. The number of ether oxygens (including phenoxy) is 3. The highest BCUT2D eigenvalue weighted by molar-refractivity contribution is 5.84. The molecule has 0 bridgehead atoms. The predicted octanol–water partition coefficient (Wildman–Crippen LogP) is 7.89. The zero-order valence-corrected chi connectivity index (χ0v) is 20.0. The molecular weight excluding hydrogens is 479 g/mol. The third kappa shape index (κ3) is 6.41. The molecule has 2 unspecified atom stereocenters. The minimum absolute atomic E-state index is 0.207. The minimum Gasteiger partial charge on any atom is -0.352 e. The third-order valence-corrected chi connectivity index (χ3v) is 6.30. The van der Waals surface area contributed by atoms with Gasteiger partial charge >= 0.3 is 6.18 Å². The van der Waals surface area contributed by atoms with Crippen molar-refractivity contribution in [3.63, 3.8) is 0 Å². The molecule has 1 aliphatic rings. The van der Waals surface area contributed by atoms with Crippen molar-refractivity contribution in [2.24, 2.45) is 0 Å². The van der Waals surface area contributed by atoms with E-state index in [0.717, 1.165) is 37.0 Å². The molecule has 1 saturated heterocycles. The Morgan fingerprint density at radius 2 is 1.81 bits per heavy atom. The molecule has 194 valence electrons. The first-order valence-corrected chi connectivity index (χ1v) is 12.2. The van der Waals surface area contributed by atoms with Gasteiger partial charge < -0.3 is 14.2 Å². The van der Waals surface area contributed by atoms with Crippen molar-refractivity contribution in [3.8, 4) is 0 Å². The maximum atomic E-state index is 15.2. The molecule has 1 heterocycles. The van der Waals surface area contributed by atoms with Crippen LogP contribution in [0.4, 0.5) is 22.0 Å². The summed E-state index contributed by atoms with van der Waals surface area (Å²) in [4.78, 5) is 0. The molecule has 0 radical (unpaired) electrons. The second kappa shape index (κ2) is 11.7. The highest BCUT2D eigenvalue weighted by atomic mass is 19.4. The van der Waals surface area contributed by atoms with Gasteiger partial charge in [0.2, 0.25) is 0 Å². The van der Waals surface area contributed by atoms with E-state index in [0.29, 0.717) is 41.5 Å². The van der Waals surface area contributed by atoms with E-state index in [1.165, 1.54) is 6.07 Å². The quantitative estimate of drug-likeness (QED) is 0.217. The number of benzene rings is 3. The summed E-state index contributed by atoms with van der Waals surface area (Å²) in [6.07, 6.45) is -1.41. The van der Waals surface area contributed by atoms with Crippen molar-refractivity contribution in [3.05, 3.63) is 82.4 Å². The van der Waals surface area contributed by atoms with Crippen LogP contribution in [0.1, 0.15) is 61.2 Å². The summed E-state index contributed by atoms with van der Waals surface area (Å²) in [6, 6.07) is 11.5. The average Bonchev–Trinajstić information content (AvgIpc) is 2.85. The SMILES string of the molecule is CCCCCOC1CCOC(c2ccc3c(F)c(CCc4ccc(C(F)(F)F)c(F)c4)ccc3c2)O1. The van der Waals surface area contributed by atoms with Crippen LogP contribution in [-0.2, 0) is 33.2 Å². The topological polar surface area (TPSA) is 27.7 Å². The molecule has 0 amide bonds. The predicted molar refractivity (Wildman–Crippen MR) is 126 cm³/mol. The zero-order chi connectivity index (χ0) is 25.7. The average molecular weight is 509 g/mol. The first-order chi connectivity index (χ1) is 17.3. The smallest absolute Gasteiger partial charge is 0.352 e. The van der Waals surface area contributed by atoms with E-state index >= 15 is 4.39 Å². The van der Waals surface area contributed by atoms with Crippen molar-refractivity contribution in [1.29, 1.82) is 0 Å². The number of unbranched alkanes of at least 4 members (excludes halogenated alkanes) is 2. The Balaban J connectivity index is 1.43. The van der Waals surface area contributed by atoms with Crippen LogP contribution in [-0.4, -0.2) is 19.5 Å². The molecule has 4 rings (SSSR count). The normalized spacial score (nSPS) is 18.6. The number of fused-ring (bicyclic) bond motifs is 1. The molecule has 0 N–H and O–H groups in total. The second-order valence-corrected chi connectivity index (χ2v) is 8.97. The first-order valence-electron chi connectivity index (χ1n) is 12.2. The van der Waals surface area contributed by atoms with E-state index < -0.39 is 29.7 Å². The Bertz CT molecular complexity index is 1180. The number of rotatable bonds is 9. The summed E-state index contributed by atoms with van der Waals surface area (Å²) in [7, 11) is 0. The van der Waals surface area contributed by atoms with Crippen molar-refractivity contribution in [2.45, 2.75) is 64.2 Å². The summed E-state index contributed by atoms with van der Waals surface area (Å²) < 4.78 is 84.8. The molecule has 0 saturated carbocycles. The molecule has 2 atom stereocenters. The van der Waals surface area contributed by atoms with E-state index in [1.54, 1.807) is 24.3 Å². The van der Waals surface area contributed by atoms with Crippen LogP contribution >= 0.6 is 0 Å². The Labute approximate surface area is 207 Å². The van der Waals surface area contributed by atoms with E-state index in [4.69, 9.17) is 14.2 Å². The van der Waals surface area contributed by atoms with Crippen molar-refractivity contribution in [1.82, 2.24) is 0 Å². The maximum Gasteiger partial charge on any atom is 0.419 e. The Kier molecular flexibility index (Phi) is 8.59. The highest BCUT2D eigenvalue weighted by Crippen LogP contribution is 2.33. The number of alkyl halides is 3. The van der Waals surface area contributed by atoms with E-state index in [9.17, 15) is 17.6 Å². The molecule has 1 fully saturated rings. The fourth-order valence-electron chi connectivity index (χ4n) is 4.30. The van der Waals surface area contributed by atoms with Crippen molar-refractivity contribution in [2.75, 3.05) is 13.2 Å². The van der Waals surface area contributed by atoms with Crippen LogP contribution in [0.15, 0.2) is 48.5 Å². The van der Waals surface area contributed by atoms with Gasteiger partial charge in [0, 0.05) is 24.0 Å². The fraction of sp³-hybridized carbons (Fsp3) is 0.429. The van der Waals surface area contributed by atoms with Gasteiger partial charge in [-0.2, -0.15) is 13.2 Å². The molecule has 0 spiro atoms. The zero-order valence-electron chi connectivity index (χ0n) is 20.0. The summed E-state index contributed by atoms with van der Waals surface area (Å²) in [6.45, 7) is 3.27. The number of halogens is 5. The summed E-state index contributed by atoms with van der Waals surface area (Å²) in [5.41, 5.74) is 0.227. The number of aryl methyl sites for hydroxylation is 2. The molecular formula is C28H29F5O3. The lowest BCUT2D eigenvalue weighted by Gasteiger charge is -2.30. The van der Waals surface area contributed by atoms with Gasteiger partial charge in [-0.25, -0.2) is 8.78 Å². The van der Waals surface area contributed by atoms with Gasteiger partial charge in [0.15, 0.2) is 12.6 Å². The first kappa shape index (κ1) is 26.5. The van der Waals surface area contributed by atoms with Crippen LogP contribution < -0.4 is 0 Å². The molecule has 3 aromatic rings. The van der Waals surface area contributed by atoms with Gasteiger partial charge in [0.05, 0.1) is 12.2 Å². The Morgan fingerprint density at radius 1 is 0.972 bits per heavy atom. The maximum absolute atomic E-state index is 15.2. The van der Waals surface area contributed by atoms with Crippen molar-refractivity contribution < 1.29 is 36.2 Å². The molecule has 0 aliphatic carbocycles. The van der Waals surface area contributed by atoms with Gasteiger partial charge in [0.25, 0.3) is 0 Å². The molecule has 1 aliphatic heterocycles. The standard InChI is InChI=1S/C28H29F5O3/c1-2-3-4-14-34-25-13-15-35-27(36-25)21-10-11-22-20(17-21)9-8-19(26(22)30)7-5-18-6-12-23(24(29)16-18)28(31,32)33/h6,8-12,16-17,25,27H,2-5,7,13-15H2,1H3. The lowest BCUT2D eigenvalue weighted by atomic mass is 9.98. The van der Waals surface area contributed by atoms with E-state index in [2.05, 4.69) is 6.92 Å². The van der Waals surface area contributed by atoms with Crippen LogP contribution in [0, 0.1) is 11.6 Å².